The van der Waals surface area contributed by atoms with Crippen LogP contribution in [-0.4, -0.2) is 29.0 Å². The van der Waals surface area contributed by atoms with Crippen molar-refractivity contribution >= 4 is 22.8 Å². The van der Waals surface area contributed by atoms with Gasteiger partial charge in [0.15, 0.2) is 11.7 Å². The maximum Gasteiger partial charge on any atom is 0.330 e. The predicted molar refractivity (Wildman–Crippen MR) is 110 cm³/mol. The van der Waals surface area contributed by atoms with Crippen molar-refractivity contribution in [2.75, 3.05) is 18.0 Å². The predicted octanol–water partition coefficient (Wildman–Crippen LogP) is 3.97. The molecular weight excluding hydrogens is 364 g/mol. The third-order valence-corrected chi connectivity index (χ3v) is 5.10. The average Bonchev–Trinajstić information content (AvgIpc) is 2.79. The van der Waals surface area contributed by atoms with Gasteiger partial charge in [-0.05, 0) is 37.0 Å². The van der Waals surface area contributed by atoms with E-state index in [0.717, 1.165) is 37.0 Å². The summed E-state index contributed by atoms with van der Waals surface area (Å²) in [7, 11) is 0. The highest BCUT2D eigenvalue weighted by atomic mass is 16.5. The number of anilines is 1. The third-order valence-electron chi connectivity index (χ3n) is 5.10. The highest BCUT2D eigenvalue weighted by Crippen LogP contribution is 2.29. The number of hydrogen-bond donors (Lipinski definition) is 0. The summed E-state index contributed by atoms with van der Waals surface area (Å²) in [6.45, 7) is 1.81. The third kappa shape index (κ3) is 4.19. The first kappa shape index (κ1) is 18.9. The minimum Gasteiger partial charge on any atom is -0.460 e. The standard InChI is InChI=1S/C23H22N4O2/c24-15-18(23(28)29-16-17-9-3-1-4-10-17)21-22(27-13-7-2-8-14-27)26-20-12-6-5-11-19(20)25-21/h1,3-6,9-12,18H,2,7-8,13-14,16H2. The molecule has 1 unspecified atom stereocenters. The second-order valence-electron chi connectivity index (χ2n) is 7.12. The Kier molecular flexibility index (Phi) is 5.66. The van der Waals surface area contributed by atoms with E-state index in [4.69, 9.17) is 9.72 Å². The first-order valence-electron chi connectivity index (χ1n) is 9.88. The van der Waals surface area contributed by atoms with Crippen LogP contribution in [-0.2, 0) is 16.1 Å². The summed E-state index contributed by atoms with van der Waals surface area (Å²) < 4.78 is 5.44. The van der Waals surface area contributed by atoms with Crippen molar-refractivity contribution in [3.8, 4) is 6.07 Å². The van der Waals surface area contributed by atoms with Gasteiger partial charge in [-0.1, -0.05) is 42.5 Å². The van der Waals surface area contributed by atoms with E-state index < -0.39 is 11.9 Å². The van der Waals surface area contributed by atoms with E-state index in [-0.39, 0.29) is 6.61 Å². The normalized spacial score (nSPS) is 14.9. The molecular formula is C23H22N4O2. The van der Waals surface area contributed by atoms with Crippen LogP contribution in [0, 0.1) is 11.3 Å². The lowest BCUT2D eigenvalue weighted by Crippen LogP contribution is -2.32. The number of esters is 1. The molecule has 1 aliphatic rings. The van der Waals surface area contributed by atoms with Crippen molar-refractivity contribution in [2.45, 2.75) is 31.8 Å². The molecule has 6 heteroatoms. The van der Waals surface area contributed by atoms with E-state index in [1.807, 2.05) is 54.6 Å². The number of nitriles is 1. The highest BCUT2D eigenvalue weighted by Gasteiger charge is 2.30. The Morgan fingerprint density at radius 2 is 1.66 bits per heavy atom. The lowest BCUT2D eigenvalue weighted by molar-refractivity contribution is -0.145. The smallest absolute Gasteiger partial charge is 0.330 e. The van der Waals surface area contributed by atoms with Gasteiger partial charge in [0, 0.05) is 13.1 Å². The molecule has 1 aliphatic heterocycles. The topological polar surface area (TPSA) is 79.1 Å². The van der Waals surface area contributed by atoms with Crippen molar-refractivity contribution < 1.29 is 9.53 Å². The fourth-order valence-electron chi connectivity index (χ4n) is 3.57. The van der Waals surface area contributed by atoms with Crippen LogP contribution in [0.4, 0.5) is 5.82 Å². The molecule has 0 bridgehead atoms. The van der Waals surface area contributed by atoms with Crippen molar-refractivity contribution in [3.05, 3.63) is 65.9 Å². The number of para-hydroxylation sites is 2. The van der Waals surface area contributed by atoms with E-state index in [1.54, 1.807) is 0 Å². The summed E-state index contributed by atoms with van der Waals surface area (Å²) in [5.74, 6) is -1.10. The van der Waals surface area contributed by atoms with E-state index in [9.17, 15) is 10.1 Å². The Morgan fingerprint density at radius 3 is 2.34 bits per heavy atom. The molecule has 29 heavy (non-hydrogen) atoms. The zero-order valence-electron chi connectivity index (χ0n) is 16.1. The van der Waals surface area contributed by atoms with Gasteiger partial charge in [-0.15, -0.1) is 0 Å². The molecule has 2 heterocycles. The van der Waals surface area contributed by atoms with Gasteiger partial charge in [0.2, 0.25) is 0 Å². The number of nitrogens with zero attached hydrogens (tertiary/aromatic N) is 4. The number of fused-ring (bicyclic) bond motifs is 1. The van der Waals surface area contributed by atoms with Gasteiger partial charge in [0.1, 0.15) is 12.3 Å². The SMILES string of the molecule is N#CC(C(=O)OCc1ccccc1)c1nc2ccccc2nc1N1CCCCC1. The lowest BCUT2D eigenvalue weighted by atomic mass is 10.0. The highest BCUT2D eigenvalue weighted by molar-refractivity contribution is 5.85. The number of carbonyl (C=O) groups excluding carboxylic acids is 1. The molecule has 1 aromatic heterocycles. The number of carbonyl (C=O) groups is 1. The zero-order chi connectivity index (χ0) is 20.1. The van der Waals surface area contributed by atoms with E-state index in [2.05, 4.69) is 16.0 Å². The lowest BCUT2D eigenvalue weighted by Gasteiger charge is -2.29. The largest absolute Gasteiger partial charge is 0.460 e. The fourth-order valence-corrected chi connectivity index (χ4v) is 3.57. The van der Waals surface area contributed by atoms with Crippen LogP contribution in [0.2, 0.25) is 0 Å². The van der Waals surface area contributed by atoms with Crippen molar-refractivity contribution in [3.63, 3.8) is 0 Å². The monoisotopic (exact) mass is 386 g/mol. The molecule has 0 aliphatic carbocycles. The average molecular weight is 386 g/mol. The van der Waals surface area contributed by atoms with Gasteiger partial charge in [0.25, 0.3) is 0 Å². The van der Waals surface area contributed by atoms with E-state index in [1.165, 1.54) is 6.42 Å². The quantitative estimate of drug-likeness (QED) is 0.617. The minimum atomic E-state index is -1.12. The van der Waals surface area contributed by atoms with Crippen LogP contribution in [0.3, 0.4) is 0 Å². The Hall–Kier alpha value is -3.46. The molecule has 0 amide bonds. The molecule has 146 valence electrons. The molecule has 0 radical (unpaired) electrons. The van der Waals surface area contributed by atoms with Gasteiger partial charge < -0.3 is 9.64 Å². The first-order chi connectivity index (χ1) is 14.3. The first-order valence-corrected chi connectivity index (χ1v) is 9.88. The Balaban J connectivity index is 1.67. The number of benzene rings is 2. The van der Waals surface area contributed by atoms with E-state index >= 15 is 0 Å². The fraction of sp³-hybridized carbons (Fsp3) is 0.304. The molecule has 6 nitrogen and oxygen atoms in total. The maximum absolute atomic E-state index is 12.8. The summed E-state index contributed by atoms with van der Waals surface area (Å²) in [5, 5.41) is 9.80. The molecule has 0 spiro atoms. The summed E-state index contributed by atoms with van der Waals surface area (Å²) in [6.07, 6.45) is 3.29. The Morgan fingerprint density at radius 1 is 1.00 bits per heavy atom. The zero-order valence-corrected chi connectivity index (χ0v) is 16.1. The molecule has 0 saturated carbocycles. The number of piperidine rings is 1. The second-order valence-corrected chi connectivity index (χ2v) is 7.12. The summed E-state index contributed by atoms with van der Waals surface area (Å²) in [4.78, 5) is 24.4. The van der Waals surface area contributed by atoms with Crippen molar-refractivity contribution in [1.29, 1.82) is 5.26 Å². The number of hydrogen-bond acceptors (Lipinski definition) is 6. The number of ether oxygens (including phenoxy) is 1. The second kappa shape index (κ2) is 8.70. The molecule has 1 saturated heterocycles. The molecule has 1 fully saturated rings. The molecule has 0 N–H and O–H groups in total. The van der Waals surface area contributed by atoms with Crippen molar-refractivity contribution in [2.24, 2.45) is 0 Å². The van der Waals surface area contributed by atoms with Crippen LogP contribution < -0.4 is 4.90 Å². The molecule has 2 aromatic carbocycles. The Labute approximate surface area is 169 Å². The van der Waals surface area contributed by atoms with E-state index in [0.29, 0.717) is 17.0 Å². The maximum atomic E-state index is 12.8. The van der Waals surface area contributed by atoms with Crippen LogP contribution >= 0.6 is 0 Å². The molecule has 1 atom stereocenters. The summed E-state index contributed by atoms with van der Waals surface area (Å²) >= 11 is 0. The van der Waals surface area contributed by atoms with Gasteiger partial charge in [-0.25, -0.2) is 9.97 Å². The number of aromatic nitrogens is 2. The van der Waals surface area contributed by atoms with Gasteiger partial charge in [-0.3, -0.25) is 4.79 Å². The molecule has 3 aromatic rings. The van der Waals surface area contributed by atoms with Crippen LogP contribution in [0.5, 0.6) is 0 Å². The Bertz CT molecular complexity index is 1040. The van der Waals surface area contributed by atoms with Gasteiger partial charge >= 0.3 is 5.97 Å². The minimum absolute atomic E-state index is 0.123. The summed E-state index contributed by atoms with van der Waals surface area (Å²) in [6, 6.07) is 19.0. The van der Waals surface area contributed by atoms with Crippen LogP contribution in [0.1, 0.15) is 36.4 Å². The number of rotatable bonds is 5. The van der Waals surface area contributed by atoms with Crippen LogP contribution in [0.25, 0.3) is 11.0 Å². The molecule has 4 rings (SSSR count). The van der Waals surface area contributed by atoms with Crippen LogP contribution in [0.15, 0.2) is 54.6 Å². The van der Waals surface area contributed by atoms with Gasteiger partial charge in [0.05, 0.1) is 17.1 Å². The van der Waals surface area contributed by atoms with Crippen molar-refractivity contribution in [1.82, 2.24) is 9.97 Å². The van der Waals surface area contributed by atoms with Gasteiger partial charge in [-0.2, -0.15) is 5.26 Å². The summed E-state index contributed by atoms with van der Waals surface area (Å²) in [5.41, 5.74) is 2.68.